The van der Waals surface area contributed by atoms with E-state index < -0.39 is 17.8 Å². The molecule has 0 radical (unpaired) electrons. The van der Waals surface area contributed by atoms with Gasteiger partial charge in [-0.1, -0.05) is 6.07 Å². The van der Waals surface area contributed by atoms with Crippen LogP contribution in [0, 0.1) is 11.7 Å². The van der Waals surface area contributed by atoms with Crippen molar-refractivity contribution in [1.29, 1.82) is 0 Å². The Morgan fingerprint density at radius 2 is 1.97 bits per heavy atom. The lowest BCUT2D eigenvalue weighted by Crippen LogP contribution is -2.54. The number of carbonyl (C=O) groups is 3. The first-order valence-corrected chi connectivity index (χ1v) is 9.69. The van der Waals surface area contributed by atoms with E-state index in [1.807, 2.05) is 6.07 Å². The average molecular weight is 430 g/mol. The largest absolute Gasteiger partial charge is 0.483 e. The van der Waals surface area contributed by atoms with E-state index in [1.54, 1.807) is 29.6 Å². The monoisotopic (exact) mass is 430 g/mol. The topological polar surface area (TPSA) is 113 Å². The number of hydrogen-bond donors (Lipinski definition) is 1. The van der Waals surface area contributed by atoms with E-state index in [-0.39, 0.29) is 35.3 Å². The van der Waals surface area contributed by atoms with Gasteiger partial charge in [-0.25, -0.2) is 4.39 Å². The molecule has 4 heterocycles. The van der Waals surface area contributed by atoms with Crippen LogP contribution < -0.4 is 5.56 Å². The van der Waals surface area contributed by atoms with Crippen LogP contribution in [0.25, 0.3) is 0 Å². The van der Waals surface area contributed by atoms with E-state index in [0.717, 1.165) is 11.9 Å². The molecule has 164 valence electrons. The predicted molar refractivity (Wildman–Crippen MR) is 108 cm³/mol. The first-order chi connectivity index (χ1) is 14.8. The quantitative estimate of drug-likeness (QED) is 0.711. The van der Waals surface area contributed by atoms with Crippen molar-refractivity contribution < 1.29 is 23.9 Å². The average Bonchev–Trinajstić information content (AvgIpc) is 2.74. The Kier molecular flexibility index (Phi) is 6.47. The lowest BCUT2D eigenvalue weighted by atomic mass is 9.78. The van der Waals surface area contributed by atoms with Gasteiger partial charge in [-0.05, 0) is 18.6 Å². The molecular weight excluding hydrogens is 407 g/mol. The number of carbonyl (C=O) groups excluding carboxylic acids is 2. The Hall–Kier alpha value is -3.56. The summed E-state index contributed by atoms with van der Waals surface area (Å²) in [6.45, 7) is 0.422. The highest BCUT2D eigenvalue weighted by molar-refractivity contribution is 5.94. The molecule has 2 bridgehead atoms. The van der Waals surface area contributed by atoms with Gasteiger partial charge in [-0.3, -0.25) is 28.7 Å². The van der Waals surface area contributed by atoms with E-state index >= 15 is 0 Å². The molecule has 31 heavy (non-hydrogen) atoms. The zero-order valence-corrected chi connectivity index (χ0v) is 17.1. The molecule has 0 saturated carbocycles. The minimum atomic E-state index is -0.673. The number of nitrogens with zero attached hydrogens (tertiary/aromatic N) is 4. The molecule has 1 saturated heterocycles. The van der Waals surface area contributed by atoms with Gasteiger partial charge in [-0.15, -0.1) is 0 Å². The molecular formula is C21H23FN4O5. The molecule has 1 N–H and O–H groups in total. The summed E-state index contributed by atoms with van der Waals surface area (Å²) in [4.78, 5) is 53.5. The van der Waals surface area contributed by atoms with Gasteiger partial charge in [0.25, 0.3) is 17.9 Å². The zero-order valence-electron chi connectivity index (χ0n) is 17.1. The molecule has 9 nitrogen and oxygen atoms in total. The van der Waals surface area contributed by atoms with Crippen molar-refractivity contribution in [3.63, 3.8) is 0 Å². The summed E-state index contributed by atoms with van der Waals surface area (Å²) in [7, 11) is 3.31. The molecule has 0 aromatic carbocycles. The first kappa shape index (κ1) is 22.1. The third-order valence-electron chi connectivity index (χ3n) is 5.63. The minimum absolute atomic E-state index is 0.0316. The van der Waals surface area contributed by atoms with Crippen LogP contribution >= 0.6 is 0 Å². The number of aromatic nitrogens is 2. The fourth-order valence-corrected chi connectivity index (χ4v) is 4.40. The lowest BCUT2D eigenvalue weighted by molar-refractivity contribution is -0.135. The highest BCUT2D eigenvalue weighted by Crippen LogP contribution is 2.42. The maximum atomic E-state index is 14.1. The highest BCUT2D eigenvalue weighted by atomic mass is 19.1. The van der Waals surface area contributed by atoms with Gasteiger partial charge in [-0.2, -0.15) is 0 Å². The standard InChI is InChI=1S/C20H21FN4O3.CH2O2/c1-23(2)20(28)18-13-8-12(16-4-3-5-17(26)25(16)18)10-24(11-13)19(27)14-6-7-22-9-15(14)21;2-1-3/h3-7,9,12-13,18H,8,10-11H2,1-2H3;1H,(H,2,3)/t12-,13+,18-;/m1./s1. The van der Waals surface area contributed by atoms with Crippen LogP contribution in [0.2, 0.25) is 0 Å². The second kappa shape index (κ2) is 9.07. The molecule has 1 fully saturated rings. The van der Waals surface area contributed by atoms with Crippen LogP contribution in [-0.4, -0.2) is 69.9 Å². The summed E-state index contributed by atoms with van der Waals surface area (Å²) in [6.07, 6.45) is 3.11. The molecule has 2 aromatic heterocycles. The summed E-state index contributed by atoms with van der Waals surface area (Å²) in [5, 5.41) is 6.89. The molecule has 2 aliphatic heterocycles. The second-order valence-corrected chi connectivity index (χ2v) is 7.70. The number of fused-ring (bicyclic) bond motifs is 4. The van der Waals surface area contributed by atoms with E-state index in [4.69, 9.17) is 9.90 Å². The van der Waals surface area contributed by atoms with Crippen molar-refractivity contribution in [2.24, 2.45) is 5.92 Å². The SMILES string of the molecule is CN(C)C(=O)[C@H]1[C@H]2C[C@H](CN(C(=O)c3ccncc3F)C2)c2cccc(=O)n21.O=CO. The summed E-state index contributed by atoms with van der Waals surface area (Å²) in [5.41, 5.74) is 0.500. The van der Waals surface area contributed by atoms with Gasteiger partial charge in [0.15, 0.2) is 5.82 Å². The molecule has 10 heteroatoms. The lowest BCUT2D eigenvalue weighted by Gasteiger charge is -2.46. The van der Waals surface area contributed by atoms with Gasteiger partial charge in [0, 0.05) is 57.0 Å². The number of pyridine rings is 2. The summed E-state index contributed by atoms with van der Waals surface area (Å²) >= 11 is 0. The number of halogens is 1. The van der Waals surface area contributed by atoms with Crippen molar-refractivity contribution in [2.75, 3.05) is 27.2 Å². The second-order valence-electron chi connectivity index (χ2n) is 7.70. The van der Waals surface area contributed by atoms with Crippen molar-refractivity contribution in [3.8, 4) is 0 Å². The van der Waals surface area contributed by atoms with Crippen molar-refractivity contribution in [1.82, 2.24) is 19.4 Å². The fourth-order valence-electron chi connectivity index (χ4n) is 4.40. The normalized spacial score (nSPS) is 21.3. The van der Waals surface area contributed by atoms with Gasteiger partial charge in [0.05, 0.1) is 11.8 Å². The maximum absolute atomic E-state index is 14.1. The Labute approximate surface area is 177 Å². The van der Waals surface area contributed by atoms with Crippen LogP contribution in [0.1, 0.15) is 34.4 Å². The predicted octanol–water partition coefficient (Wildman–Crippen LogP) is 0.972. The van der Waals surface area contributed by atoms with Gasteiger partial charge >= 0.3 is 0 Å². The maximum Gasteiger partial charge on any atom is 0.290 e. The Morgan fingerprint density at radius 3 is 2.61 bits per heavy atom. The van der Waals surface area contributed by atoms with Gasteiger partial charge in [0.2, 0.25) is 5.91 Å². The van der Waals surface area contributed by atoms with Crippen molar-refractivity contribution >= 4 is 18.3 Å². The molecule has 0 aliphatic carbocycles. The number of likely N-dealkylation sites (tertiary alicyclic amines) is 1. The zero-order chi connectivity index (χ0) is 22.7. The third-order valence-corrected chi connectivity index (χ3v) is 5.63. The Morgan fingerprint density at radius 1 is 1.26 bits per heavy atom. The van der Waals surface area contributed by atoms with Gasteiger partial charge < -0.3 is 14.9 Å². The number of likely N-dealkylation sites (N-methyl/N-ethyl adjacent to an activating group) is 1. The summed E-state index contributed by atoms with van der Waals surface area (Å²) in [6, 6.07) is 5.65. The van der Waals surface area contributed by atoms with Gasteiger partial charge in [0.1, 0.15) is 6.04 Å². The van der Waals surface area contributed by atoms with E-state index in [9.17, 15) is 18.8 Å². The van der Waals surface area contributed by atoms with E-state index in [0.29, 0.717) is 19.5 Å². The molecule has 0 spiro atoms. The Balaban J connectivity index is 0.000000858. The molecule has 2 aliphatic rings. The first-order valence-electron chi connectivity index (χ1n) is 9.69. The molecule has 4 rings (SSSR count). The number of hydrogen-bond acceptors (Lipinski definition) is 5. The van der Waals surface area contributed by atoms with E-state index in [2.05, 4.69) is 4.98 Å². The molecule has 0 unspecified atom stereocenters. The minimum Gasteiger partial charge on any atom is -0.483 e. The van der Waals surface area contributed by atoms with Crippen molar-refractivity contribution in [3.05, 3.63) is 64.1 Å². The summed E-state index contributed by atoms with van der Waals surface area (Å²) < 4.78 is 15.7. The fraction of sp³-hybridized carbons (Fsp3) is 0.381. The van der Waals surface area contributed by atoms with Crippen LogP contribution in [-0.2, 0) is 9.59 Å². The third kappa shape index (κ3) is 4.18. The molecule has 2 aromatic rings. The molecule has 2 amide bonds. The van der Waals surface area contributed by atoms with E-state index in [1.165, 1.54) is 23.2 Å². The van der Waals surface area contributed by atoms with Crippen LogP contribution in [0.5, 0.6) is 0 Å². The van der Waals surface area contributed by atoms with Crippen molar-refractivity contribution in [2.45, 2.75) is 18.4 Å². The van der Waals surface area contributed by atoms with Crippen LogP contribution in [0.3, 0.4) is 0 Å². The highest BCUT2D eigenvalue weighted by Gasteiger charge is 2.45. The summed E-state index contributed by atoms with van der Waals surface area (Å²) in [5.74, 6) is -1.55. The molecule has 3 atom stereocenters. The van der Waals surface area contributed by atoms with Crippen LogP contribution in [0.4, 0.5) is 4.39 Å². The number of amides is 2. The number of rotatable bonds is 2. The van der Waals surface area contributed by atoms with Crippen LogP contribution in [0.15, 0.2) is 41.5 Å². The number of carboxylic acid groups (broad SMARTS) is 1. The smallest absolute Gasteiger partial charge is 0.290 e. The number of piperidine rings is 1. The Bertz CT molecular complexity index is 1050.